The van der Waals surface area contributed by atoms with Crippen LogP contribution in [0.1, 0.15) is 92.4 Å². The summed E-state index contributed by atoms with van der Waals surface area (Å²) in [4.78, 5) is 93.0. The normalized spacial score (nSPS) is 20.8. The minimum Gasteiger partial charge on any atom is -0.449 e. The number of alkyl carbamates (subject to hydrolysis) is 1. The van der Waals surface area contributed by atoms with Crippen LogP contribution in [0.2, 0.25) is 0 Å². The Kier molecular flexibility index (Phi) is 14.8. The van der Waals surface area contributed by atoms with Gasteiger partial charge in [-0.2, -0.15) is 0 Å². The number of hydrogen-bond acceptors (Lipinski definition) is 8. The van der Waals surface area contributed by atoms with Gasteiger partial charge in [-0.1, -0.05) is 84.6 Å². The van der Waals surface area contributed by atoms with E-state index >= 15 is 0 Å². The number of nitrogens with two attached hydrogens (primary N) is 1. The van der Waals surface area contributed by atoms with Gasteiger partial charge in [-0.15, -0.1) is 0 Å². The molecule has 276 valence electrons. The first-order valence-electron chi connectivity index (χ1n) is 17.7. The summed E-state index contributed by atoms with van der Waals surface area (Å²) in [7, 11) is 0. The first-order valence-corrected chi connectivity index (χ1v) is 17.7. The van der Waals surface area contributed by atoms with E-state index in [1.165, 1.54) is 4.90 Å². The molecule has 3 atom stereocenters. The minimum absolute atomic E-state index is 0.112. The molecule has 14 nitrogen and oxygen atoms in total. The summed E-state index contributed by atoms with van der Waals surface area (Å²) >= 11 is 0. The third-order valence-electron chi connectivity index (χ3n) is 9.07. The Morgan fingerprint density at radius 2 is 1.72 bits per heavy atom. The fraction of sp³-hybridized carbons (Fsp3) is 0.639. The molecule has 0 aromatic heterocycles. The van der Waals surface area contributed by atoms with Gasteiger partial charge in [0.05, 0.1) is 19.2 Å². The van der Waals surface area contributed by atoms with Crippen molar-refractivity contribution in [3.63, 3.8) is 0 Å². The number of Topliss-reactive ketones (excluding diaryl/α,β-unsaturated/α-hetero) is 1. The van der Waals surface area contributed by atoms with E-state index in [9.17, 15) is 33.6 Å². The molecule has 1 saturated carbocycles. The van der Waals surface area contributed by atoms with Crippen molar-refractivity contribution < 1.29 is 38.3 Å². The maximum Gasteiger partial charge on any atom is 0.407 e. The average Bonchev–Trinajstić information content (AvgIpc) is 3.42. The van der Waals surface area contributed by atoms with Gasteiger partial charge in [0, 0.05) is 6.54 Å². The summed E-state index contributed by atoms with van der Waals surface area (Å²) in [5.74, 6) is -4.62. The predicted octanol–water partition coefficient (Wildman–Crippen LogP) is 2.29. The van der Waals surface area contributed by atoms with Crippen molar-refractivity contribution in [1.82, 2.24) is 26.2 Å². The number of nitrogens with one attached hydrogen (secondary N) is 4. The zero-order chi connectivity index (χ0) is 37.0. The van der Waals surface area contributed by atoms with Gasteiger partial charge in [-0.3, -0.25) is 28.8 Å². The molecule has 2 aliphatic carbocycles. The molecule has 6 amide bonds. The van der Waals surface area contributed by atoms with Crippen molar-refractivity contribution >= 4 is 41.4 Å². The fourth-order valence-electron chi connectivity index (χ4n) is 6.59. The van der Waals surface area contributed by atoms with Gasteiger partial charge >= 0.3 is 6.09 Å². The third kappa shape index (κ3) is 11.5. The molecule has 3 aliphatic rings. The van der Waals surface area contributed by atoms with Crippen LogP contribution in [-0.4, -0.2) is 84.1 Å². The first kappa shape index (κ1) is 39.9. The number of ketones is 1. The molecule has 3 rings (SSSR count). The van der Waals surface area contributed by atoms with Crippen LogP contribution < -0.4 is 27.0 Å². The molecule has 50 heavy (non-hydrogen) atoms. The molecular formula is C36H54N6O8. The molecule has 0 spiro atoms. The van der Waals surface area contributed by atoms with Crippen LogP contribution in [0.3, 0.4) is 0 Å². The van der Waals surface area contributed by atoms with Crippen LogP contribution in [0.4, 0.5) is 4.79 Å². The van der Waals surface area contributed by atoms with E-state index in [-0.39, 0.29) is 43.0 Å². The second-order valence-electron chi connectivity index (χ2n) is 14.6. The lowest BCUT2D eigenvalue weighted by atomic mass is 9.83. The third-order valence-corrected chi connectivity index (χ3v) is 9.07. The second-order valence-corrected chi connectivity index (χ2v) is 14.6. The molecular weight excluding hydrogens is 644 g/mol. The Labute approximate surface area is 294 Å². The van der Waals surface area contributed by atoms with Crippen molar-refractivity contribution in [3.8, 4) is 0 Å². The van der Waals surface area contributed by atoms with Gasteiger partial charge in [0.2, 0.25) is 23.5 Å². The standard InChI is InChI=1S/C36H54N6O8/c1-6-13-25(30(44)33(47)38-19-27(43)40-28(31(37)45)23-14-9-7-10-15-23)39-32(46)26-18-36(4,5)21-42(26)34(48)29(24-16-11-8-12-17-24)41-35(49)50-20-22(2)3/h7,9-10,14,22,24-26,29H,6,8,11-13,15-21H2,1-5H3,(H2,37,45)(H,38,47)(H,39,46)(H,40,43)(H,41,49)/t25?,26-,29-/m0/s1. The number of carbonyl (C=O) groups excluding carboxylic acids is 7. The highest BCUT2D eigenvalue weighted by Crippen LogP contribution is 2.36. The van der Waals surface area contributed by atoms with E-state index in [1.807, 2.05) is 27.7 Å². The van der Waals surface area contributed by atoms with Gasteiger partial charge in [-0.25, -0.2) is 4.79 Å². The number of likely N-dealkylation sites (tertiary alicyclic amines) is 1. The van der Waals surface area contributed by atoms with E-state index in [0.29, 0.717) is 24.8 Å². The van der Waals surface area contributed by atoms with Crippen LogP contribution in [0, 0.1) is 17.3 Å². The molecule has 0 bridgehead atoms. The zero-order valence-corrected chi connectivity index (χ0v) is 30.0. The monoisotopic (exact) mass is 698 g/mol. The second kappa shape index (κ2) is 18.5. The fourth-order valence-corrected chi connectivity index (χ4v) is 6.59. The lowest BCUT2D eigenvalue weighted by Gasteiger charge is -2.35. The highest BCUT2D eigenvalue weighted by Gasteiger charge is 2.47. The molecule has 6 N–H and O–H groups in total. The Morgan fingerprint density at radius 1 is 1.02 bits per heavy atom. The van der Waals surface area contributed by atoms with Crippen molar-refractivity contribution in [2.45, 2.75) is 111 Å². The number of ether oxygens (including phenoxy) is 1. The molecule has 1 heterocycles. The number of nitrogens with zero attached hydrogens (tertiary/aromatic N) is 1. The SMILES string of the molecule is CCCC(NC(=O)[C@@H]1CC(C)(C)CN1C(=O)[C@@H](NC(=O)OCC(C)C)C1CCCCC1)C(=O)C(=O)NCC(=O)NC(C(N)=O)=C1C=CC=CC1. The maximum atomic E-state index is 14.2. The molecule has 0 radical (unpaired) electrons. The summed E-state index contributed by atoms with van der Waals surface area (Å²) in [6.07, 6.45) is 11.9. The Bertz CT molecular complexity index is 1390. The van der Waals surface area contributed by atoms with Crippen LogP contribution in [0.5, 0.6) is 0 Å². The number of allylic oxidation sites excluding steroid dienone is 5. The molecule has 1 aliphatic heterocycles. The predicted molar refractivity (Wildman–Crippen MR) is 186 cm³/mol. The van der Waals surface area contributed by atoms with Gasteiger partial charge in [0.15, 0.2) is 0 Å². The van der Waals surface area contributed by atoms with E-state index in [1.54, 1.807) is 31.2 Å². The van der Waals surface area contributed by atoms with E-state index in [0.717, 1.165) is 32.1 Å². The summed E-state index contributed by atoms with van der Waals surface area (Å²) < 4.78 is 5.34. The lowest BCUT2D eigenvalue weighted by Crippen LogP contribution is -2.58. The van der Waals surface area contributed by atoms with E-state index in [4.69, 9.17) is 10.5 Å². The molecule has 0 aromatic rings. The minimum atomic E-state index is -1.21. The van der Waals surface area contributed by atoms with Crippen LogP contribution in [0.15, 0.2) is 35.6 Å². The van der Waals surface area contributed by atoms with Crippen LogP contribution in [0.25, 0.3) is 0 Å². The molecule has 1 unspecified atom stereocenters. The number of primary amides is 1. The topological polar surface area (TPSA) is 206 Å². The molecule has 0 aromatic carbocycles. The molecule has 1 saturated heterocycles. The smallest absolute Gasteiger partial charge is 0.407 e. The van der Waals surface area contributed by atoms with Crippen molar-refractivity contribution in [3.05, 3.63) is 35.6 Å². The lowest BCUT2D eigenvalue weighted by molar-refractivity contribution is -0.143. The summed E-state index contributed by atoms with van der Waals surface area (Å²) in [6.45, 7) is 9.34. The van der Waals surface area contributed by atoms with Crippen molar-refractivity contribution in [1.29, 1.82) is 0 Å². The van der Waals surface area contributed by atoms with Gasteiger partial charge in [0.1, 0.15) is 17.8 Å². The van der Waals surface area contributed by atoms with Crippen molar-refractivity contribution in [2.75, 3.05) is 19.7 Å². The largest absolute Gasteiger partial charge is 0.449 e. The summed E-state index contributed by atoms with van der Waals surface area (Å²) in [5, 5.41) is 10.2. The van der Waals surface area contributed by atoms with Gasteiger partial charge in [0.25, 0.3) is 11.8 Å². The highest BCUT2D eigenvalue weighted by atomic mass is 16.5. The van der Waals surface area contributed by atoms with Crippen LogP contribution in [-0.2, 0) is 33.5 Å². The number of rotatable bonds is 15. The van der Waals surface area contributed by atoms with E-state index < -0.39 is 65.6 Å². The summed E-state index contributed by atoms with van der Waals surface area (Å²) in [5.41, 5.74) is 5.38. The Hall–Kier alpha value is -4.49. The Balaban J connectivity index is 1.70. The zero-order valence-electron chi connectivity index (χ0n) is 30.0. The first-order chi connectivity index (χ1) is 23.6. The van der Waals surface area contributed by atoms with Gasteiger partial charge < -0.3 is 36.6 Å². The Morgan fingerprint density at radius 3 is 2.32 bits per heavy atom. The quantitative estimate of drug-likeness (QED) is 0.126. The summed E-state index contributed by atoms with van der Waals surface area (Å²) in [6, 6.07) is -3.03. The molecule has 2 fully saturated rings. The average molecular weight is 699 g/mol. The number of hydrogen-bond donors (Lipinski definition) is 5. The van der Waals surface area contributed by atoms with Crippen molar-refractivity contribution in [2.24, 2.45) is 23.0 Å². The maximum absolute atomic E-state index is 14.2. The number of amides is 6. The van der Waals surface area contributed by atoms with Gasteiger partial charge in [-0.05, 0) is 54.9 Å². The highest BCUT2D eigenvalue weighted by molar-refractivity contribution is 6.38. The van der Waals surface area contributed by atoms with Crippen LogP contribution >= 0.6 is 0 Å². The van der Waals surface area contributed by atoms with E-state index in [2.05, 4.69) is 21.3 Å². The molecule has 14 heteroatoms. The number of carbonyl (C=O) groups is 7.